The van der Waals surface area contributed by atoms with Crippen LogP contribution in [0, 0.1) is 0 Å². The molecule has 3 nitrogen and oxygen atoms in total. The Labute approximate surface area is 109 Å². The zero-order valence-electron chi connectivity index (χ0n) is 11.4. The van der Waals surface area contributed by atoms with Crippen molar-refractivity contribution in [3.05, 3.63) is 22.9 Å². The lowest BCUT2D eigenvalue weighted by molar-refractivity contribution is -0.508. The van der Waals surface area contributed by atoms with Gasteiger partial charge in [0.2, 0.25) is 0 Å². The number of allylic oxidation sites excluding steroid dienone is 2. The first-order valence-corrected chi connectivity index (χ1v) is 7.06. The second kappa shape index (κ2) is 5.64. The molecule has 0 aliphatic heterocycles. The number of carbonyl (C=O) groups excluding carboxylic acids is 1. The maximum absolute atomic E-state index is 11.4. The van der Waals surface area contributed by atoms with Gasteiger partial charge in [0.25, 0.3) is 0 Å². The van der Waals surface area contributed by atoms with Gasteiger partial charge in [-0.2, -0.15) is 4.79 Å². The van der Waals surface area contributed by atoms with E-state index >= 15 is 0 Å². The topological polar surface area (TPSA) is 46.1 Å². The van der Waals surface area contributed by atoms with Crippen molar-refractivity contribution in [1.82, 2.24) is 0 Å². The highest BCUT2D eigenvalue weighted by Gasteiger charge is 2.37. The Balaban J connectivity index is 2.34. The van der Waals surface area contributed by atoms with Gasteiger partial charge >= 0.3 is 6.08 Å². The molecule has 2 aliphatic carbocycles. The standard InChI is InChI=1S/C15H23N2O/c1-3-11-6-5-7-14(11)17(10-18)15-9-8-13(16)12(15)4-2/h6,13-14H,3-5,7-9,16H2,1-2H3/q+1. The van der Waals surface area contributed by atoms with Crippen LogP contribution in [-0.2, 0) is 4.79 Å². The third-order valence-electron chi connectivity index (χ3n) is 4.28. The van der Waals surface area contributed by atoms with E-state index in [4.69, 9.17) is 5.73 Å². The normalized spacial score (nSPS) is 27.4. The van der Waals surface area contributed by atoms with Gasteiger partial charge in [0.05, 0.1) is 0 Å². The molecule has 2 N–H and O–H groups in total. The number of isocyanates is 1. The minimum Gasteiger partial charge on any atom is -0.324 e. The van der Waals surface area contributed by atoms with Crippen molar-refractivity contribution in [3.63, 3.8) is 0 Å². The highest BCUT2D eigenvalue weighted by Crippen LogP contribution is 2.33. The van der Waals surface area contributed by atoms with Crippen molar-refractivity contribution in [2.24, 2.45) is 5.73 Å². The number of nitrogens with zero attached hydrogens (tertiary/aromatic N) is 1. The molecule has 0 aromatic heterocycles. The van der Waals surface area contributed by atoms with E-state index in [2.05, 4.69) is 26.0 Å². The van der Waals surface area contributed by atoms with Crippen LogP contribution in [0.15, 0.2) is 22.9 Å². The molecule has 0 aromatic carbocycles. The molecule has 0 amide bonds. The molecule has 2 unspecified atom stereocenters. The number of nitrogens with two attached hydrogens (primary N) is 1. The van der Waals surface area contributed by atoms with Crippen molar-refractivity contribution in [1.29, 1.82) is 0 Å². The van der Waals surface area contributed by atoms with E-state index < -0.39 is 0 Å². The van der Waals surface area contributed by atoms with Gasteiger partial charge in [0.15, 0.2) is 11.7 Å². The van der Waals surface area contributed by atoms with E-state index in [-0.39, 0.29) is 12.1 Å². The van der Waals surface area contributed by atoms with E-state index in [1.807, 2.05) is 4.58 Å². The van der Waals surface area contributed by atoms with E-state index in [0.717, 1.165) is 44.2 Å². The van der Waals surface area contributed by atoms with Gasteiger partial charge in [0.1, 0.15) is 0 Å². The van der Waals surface area contributed by atoms with Gasteiger partial charge in [-0.15, -0.1) is 4.58 Å². The molecule has 3 heteroatoms. The average Bonchev–Trinajstić information content (AvgIpc) is 2.98. The lowest BCUT2D eigenvalue weighted by Crippen LogP contribution is -2.26. The lowest BCUT2D eigenvalue weighted by Gasteiger charge is -2.11. The summed E-state index contributed by atoms with van der Waals surface area (Å²) in [4.78, 5) is 11.4. The molecule has 18 heavy (non-hydrogen) atoms. The van der Waals surface area contributed by atoms with Gasteiger partial charge in [-0.05, 0) is 31.3 Å². The molecule has 2 aliphatic rings. The van der Waals surface area contributed by atoms with Gasteiger partial charge in [0, 0.05) is 24.5 Å². The summed E-state index contributed by atoms with van der Waals surface area (Å²) >= 11 is 0. The summed E-state index contributed by atoms with van der Waals surface area (Å²) in [5, 5.41) is 0. The minimum atomic E-state index is 0.135. The van der Waals surface area contributed by atoms with Crippen LogP contribution in [0.4, 0.5) is 0 Å². The van der Waals surface area contributed by atoms with E-state index in [0.29, 0.717) is 0 Å². The first-order valence-electron chi connectivity index (χ1n) is 7.06. The molecule has 0 fully saturated rings. The molecule has 0 saturated heterocycles. The van der Waals surface area contributed by atoms with Gasteiger partial charge in [-0.3, -0.25) is 0 Å². The van der Waals surface area contributed by atoms with Crippen LogP contribution >= 0.6 is 0 Å². The van der Waals surface area contributed by atoms with Crippen LogP contribution in [0.25, 0.3) is 0 Å². The summed E-state index contributed by atoms with van der Waals surface area (Å²) in [7, 11) is 0. The Bertz CT molecular complexity index is 441. The zero-order valence-corrected chi connectivity index (χ0v) is 11.4. The number of hydrogen-bond donors (Lipinski definition) is 1. The summed E-state index contributed by atoms with van der Waals surface area (Å²) < 4.78 is 1.84. The van der Waals surface area contributed by atoms with Gasteiger partial charge in [-0.25, -0.2) is 0 Å². The Morgan fingerprint density at radius 1 is 1.39 bits per heavy atom. The maximum atomic E-state index is 11.4. The largest absolute Gasteiger partial charge is 0.430 e. The van der Waals surface area contributed by atoms with Crippen LogP contribution in [0.3, 0.4) is 0 Å². The molecule has 98 valence electrons. The van der Waals surface area contributed by atoms with Crippen molar-refractivity contribution in [2.75, 3.05) is 0 Å². The van der Waals surface area contributed by atoms with E-state index in [9.17, 15) is 4.79 Å². The second-order valence-electron chi connectivity index (χ2n) is 5.16. The lowest BCUT2D eigenvalue weighted by atomic mass is 10.1. The van der Waals surface area contributed by atoms with E-state index in [1.165, 1.54) is 11.1 Å². The first kappa shape index (κ1) is 13.3. The number of rotatable bonds is 4. The Hall–Kier alpha value is -1.18. The molecule has 0 saturated carbocycles. The van der Waals surface area contributed by atoms with Crippen molar-refractivity contribution in [3.8, 4) is 0 Å². The van der Waals surface area contributed by atoms with Crippen LogP contribution < -0.4 is 5.73 Å². The third kappa shape index (κ3) is 2.21. The number of hydrogen-bond acceptors (Lipinski definition) is 2. The van der Waals surface area contributed by atoms with Crippen LogP contribution in [0.5, 0.6) is 0 Å². The van der Waals surface area contributed by atoms with Crippen molar-refractivity contribution in [2.45, 2.75) is 64.5 Å². The van der Waals surface area contributed by atoms with E-state index in [1.54, 1.807) is 0 Å². The fraction of sp³-hybridized carbons (Fsp3) is 0.667. The quantitative estimate of drug-likeness (QED) is 0.359. The Morgan fingerprint density at radius 2 is 2.17 bits per heavy atom. The summed E-state index contributed by atoms with van der Waals surface area (Å²) in [5.74, 6) is 0. The monoisotopic (exact) mass is 247 g/mol. The fourth-order valence-corrected chi connectivity index (χ4v) is 3.31. The SMILES string of the molecule is CCC1=CCCC1[N+](=C=O)C1=C(CC)C(N)CC1. The highest BCUT2D eigenvalue weighted by atomic mass is 16.1. The molecular formula is C15H23N2O+. The predicted octanol–water partition coefficient (Wildman–Crippen LogP) is 2.62. The average molecular weight is 247 g/mol. The zero-order chi connectivity index (χ0) is 13.1. The van der Waals surface area contributed by atoms with Gasteiger partial charge < -0.3 is 5.73 Å². The van der Waals surface area contributed by atoms with Crippen LogP contribution in [0.2, 0.25) is 0 Å². The molecule has 0 spiro atoms. The van der Waals surface area contributed by atoms with Crippen LogP contribution in [0.1, 0.15) is 52.4 Å². The molecular weight excluding hydrogens is 224 g/mol. The first-order chi connectivity index (χ1) is 8.72. The second-order valence-corrected chi connectivity index (χ2v) is 5.16. The maximum Gasteiger partial charge on any atom is 0.430 e. The fourth-order valence-electron chi connectivity index (χ4n) is 3.31. The molecule has 0 radical (unpaired) electrons. The Kier molecular flexibility index (Phi) is 4.15. The summed E-state index contributed by atoms with van der Waals surface area (Å²) in [6, 6.07) is 0.366. The summed E-state index contributed by atoms with van der Waals surface area (Å²) in [5.41, 5.74) is 9.88. The van der Waals surface area contributed by atoms with Crippen molar-refractivity contribution >= 4 is 6.08 Å². The molecule has 0 aromatic rings. The minimum absolute atomic E-state index is 0.135. The smallest absolute Gasteiger partial charge is 0.324 e. The third-order valence-corrected chi connectivity index (χ3v) is 4.28. The summed E-state index contributed by atoms with van der Waals surface area (Å²) in [6.45, 7) is 4.28. The predicted molar refractivity (Wildman–Crippen MR) is 71.9 cm³/mol. The molecule has 0 bridgehead atoms. The molecule has 2 atom stereocenters. The highest BCUT2D eigenvalue weighted by molar-refractivity contribution is 5.32. The van der Waals surface area contributed by atoms with Gasteiger partial charge in [-0.1, -0.05) is 19.9 Å². The van der Waals surface area contributed by atoms with Crippen LogP contribution in [-0.4, -0.2) is 22.7 Å². The summed E-state index contributed by atoms with van der Waals surface area (Å²) in [6.07, 6.45) is 10.4. The van der Waals surface area contributed by atoms with Crippen molar-refractivity contribution < 1.29 is 9.37 Å². The molecule has 0 heterocycles. The molecule has 2 rings (SSSR count). The Morgan fingerprint density at radius 3 is 2.78 bits per heavy atom.